The molecule has 0 amide bonds. The highest BCUT2D eigenvalue weighted by molar-refractivity contribution is 5.89. The van der Waals surface area contributed by atoms with Crippen LogP contribution in [-0.4, -0.2) is 21.5 Å². The number of nitrogens with one attached hydrogen (secondary N) is 2. The zero-order valence-corrected chi connectivity index (χ0v) is 11.1. The van der Waals surface area contributed by atoms with E-state index in [0.717, 1.165) is 28.8 Å². The largest absolute Gasteiger partial charge is 0.354 e. The highest BCUT2D eigenvalue weighted by Gasteiger charge is 2.19. The minimum Gasteiger partial charge on any atom is -0.354 e. The van der Waals surface area contributed by atoms with Gasteiger partial charge in [-0.2, -0.15) is 0 Å². The molecule has 1 saturated heterocycles. The molecule has 0 saturated carbocycles. The molecule has 1 aromatic carbocycles. The number of hydrogen-bond acceptors (Lipinski definition) is 3. The number of hydrogen-bond donors (Lipinski definition) is 2. The van der Waals surface area contributed by atoms with Crippen LogP contribution in [0.1, 0.15) is 24.6 Å². The Morgan fingerprint density at radius 3 is 2.80 bits per heavy atom. The van der Waals surface area contributed by atoms with Gasteiger partial charge in [-0.25, -0.2) is 9.97 Å². The van der Waals surface area contributed by atoms with Gasteiger partial charge in [0.25, 0.3) is 0 Å². The average molecular weight is 264 g/mol. The summed E-state index contributed by atoms with van der Waals surface area (Å²) in [4.78, 5) is 12.4. The van der Waals surface area contributed by atoms with E-state index in [0.29, 0.717) is 6.04 Å². The Hall–Kier alpha value is -2.20. The summed E-state index contributed by atoms with van der Waals surface area (Å²) in [6, 6.07) is 12.8. The Labute approximate surface area is 117 Å². The first-order valence-electron chi connectivity index (χ1n) is 7.04. The van der Waals surface area contributed by atoms with Crippen LogP contribution in [-0.2, 0) is 0 Å². The summed E-state index contributed by atoms with van der Waals surface area (Å²) in [5.41, 5.74) is 5.33. The first-order chi connectivity index (χ1) is 9.92. The van der Waals surface area contributed by atoms with Gasteiger partial charge in [-0.3, -0.25) is 0 Å². The lowest BCUT2D eigenvalue weighted by atomic mass is 10.1. The third kappa shape index (κ3) is 1.89. The molecule has 0 aliphatic carbocycles. The number of aromatic nitrogens is 3. The third-order valence-electron chi connectivity index (χ3n) is 3.92. The van der Waals surface area contributed by atoms with E-state index in [9.17, 15) is 0 Å². The lowest BCUT2D eigenvalue weighted by molar-refractivity contribution is 0.633. The monoisotopic (exact) mass is 264 g/mol. The molecule has 0 bridgehead atoms. The van der Waals surface area contributed by atoms with Crippen molar-refractivity contribution in [1.29, 1.82) is 0 Å². The van der Waals surface area contributed by atoms with Gasteiger partial charge >= 0.3 is 0 Å². The molecule has 3 heterocycles. The number of aromatic amines is 1. The van der Waals surface area contributed by atoms with Gasteiger partial charge in [-0.05, 0) is 25.5 Å². The molecule has 4 heteroatoms. The predicted molar refractivity (Wildman–Crippen MR) is 79.3 cm³/mol. The Morgan fingerprint density at radius 2 is 2.00 bits per heavy atom. The van der Waals surface area contributed by atoms with Crippen LogP contribution in [0.2, 0.25) is 0 Å². The van der Waals surface area contributed by atoms with Crippen LogP contribution >= 0.6 is 0 Å². The molecule has 4 rings (SSSR count). The van der Waals surface area contributed by atoms with Crippen molar-refractivity contribution in [2.45, 2.75) is 18.9 Å². The highest BCUT2D eigenvalue weighted by atomic mass is 15.0. The van der Waals surface area contributed by atoms with Crippen LogP contribution in [0.3, 0.4) is 0 Å². The number of nitrogens with zero attached hydrogens (tertiary/aromatic N) is 2. The topological polar surface area (TPSA) is 53.6 Å². The van der Waals surface area contributed by atoms with Crippen molar-refractivity contribution in [2.75, 3.05) is 6.54 Å². The zero-order valence-electron chi connectivity index (χ0n) is 11.1. The van der Waals surface area contributed by atoms with Gasteiger partial charge in [0.2, 0.25) is 0 Å². The maximum absolute atomic E-state index is 4.45. The Bertz CT molecular complexity index is 727. The van der Waals surface area contributed by atoms with Crippen LogP contribution in [0, 0.1) is 0 Å². The maximum Gasteiger partial charge on any atom is 0.116 e. The summed E-state index contributed by atoms with van der Waals surface area (Å²) in [5, 5.41) is 3.51. The van der Waals surface area contributed by atoms with E-state index in [1.54, 1.807) is 6.33 Å². The minimum absolute atomic E-state index is 0.424. The molecule has 2 aromatic heterocycles. The number of fused-ring (bicyclic) bond motifs is 1. The van der Waals surface area contributed by atoms with E-state index >= 15 is 0 Å². The predicted octanol–water partition coefficient (Wildman–Crippen LogP) is 3.05. The van der Waals surface area contributed by atoms with Crippen molar-refractivity contribution >= 4 is 11.0 Å². The lowest BCUT2D eigenvalue weighted by Gasteiger charge is -2.06. The summed E-state index contributed by atoms with van der Waals surface area (Å²) >= 11 is 0. The molecule has 0 spiro atoms. The number of rotatable bonds is 2. The lowest BCUT2D eigenvalue weighted by Crippen LogP contribution is -2.12. The quantitative estimate of drug-likeness (QED) is 0.748. The van der Waals surface area contributed by atoms with Crippen molar-refractivity contribution in [3.63, 3.8) is 0 Å². The van der Waals surface area contributed by atoms with Crippen LogP contribution in [0.4, 0.5) is 0 Å². The summed E-state index contributed by atoms with van der Waals surface area (Å²) in [5.74, 6) is 0. The van der Waals surface area contributed by atoms with Crippen molar-refractivity contribution < 1.29 is 0 Å². The standard InChI is InChI=1S/C16H16N4/c1-2-5-11(6-3-1)15-16-14(18-10-19-15)9-13(20-16)12-7-4-8-17-12/h1-3,5-6,9-10,12,17,20H,4,7-8H2/t12-/m0/s1. The normalized spacial score (nSPS) is 18.7. The molecule has 0 unspecified atom stereocenters. The summed E-state index contributed by atoms with van der Waals surface area (Å²) in [6.45, 7) is 1.09. The van der Waals surface area contributed by atoms with Gasteiger partial charge in [0.15, 0.2) is 0 Å². The maximum atomic E-state index is 4.45. The molecule has 1 atom stereocenters. The molecule has 3 aromatic rings. The van der Waals surface area contributed by atoms with Crippen molar-refractivity contribution in [3.05, 3.63) is 48.4 Å². The average Bonchev–Trinajstić information content (AvgIpc) is 3.16. The van der Waals surface area contributed by atoms with Crippen LogP contribution in [0.25, 0.3) is 22.3 Å². The zero-order chi connectivity index (χ0) is 13.4. The van der Waals surface area contributed by atoms with Gasteiger partial charge in [0.1, 0.15) is 6.33 Å². The second kappa shape index (κ2) is 4.72. The molecule has 20 heavy (non-hydrogen) atoms. The Kier molecular flexibility index (Phi) is 2.74. The Morgan fingerprint density at radius 1 is 1.10 bits per heavy atom. The van der Waals surface area contributed by atoms with E-state index in [2.05, 4.69) is 38.5 Å². The van der Waals surface area contributed by atoms with E-state index in [1.807, 2.05) is 18.2 Å². The molecule has 1 fully saturated rings. The fourth-order valence-corrected chi connectivity index (χ4v) is 2.91. The highest BCUT2D eigenvalue weighted by Crippen LogP contribution is 2.29. The van der Waals surface area contributed by atoms with Crippen molar-refractivity contribution in [1.82, 2.24) is 20.3 Å². The van der Waals surface area contributed by atoms with E-state index in [-0.39, 0.29) is 0 Å². The summed E-state index contributed by atoms with van der Waals surface area (Å²) in [7, 11) is 0. The van der Waals surface area contributed by atoms with Crippen LogP contribution in [0.5, 0.6) is 0 Å². The second-order valence-electron chi connectivity index (χ2n) is 5.22. The molecule has 2 N–H and O–H groups in total. The van der Waals surface area contributed by atoms with Crippen molar-refractivity contribution in [2.24, 2.45) is 0 Å². The van der Waals surface area contributed by atoms with E-state index in [4.69, 9.17) is 0 Å². The smallest absolute Gasteiger partial charge is 0.116 e. The minimum atomic E-state index is 0.424. The molecule has 1 aliphatic heterocycles. The number of H-pyrrole nitrogens is 1. The van der Waals surface area contributed by atoms with Gasteiger partial charge in [0, 0.05) is 17.3 Å². The van der Waals surface area contributed by atoms with Gasteiger partial charge in [-0.1, -0.05) is 30.3 Å². The summed E-state index contributed by atoms with van der Waals surface area (Å²) < 4.78 is 0. The molecule has 0 radical (unpaired) electrons. The molecule has 4 nitrogen and oxygen atoms in total. The van der Waals surface area contributed by atoms with Crippen LogP contribution in [0.15, 0.2) is 42.7 Å². The fraction of sp³-hybridized carbons (Fsp3) is 0.250. The first kappa shape index (κ1) is 11.6. The van der Waals surface area contributed by atoms with Gasteiger partial charge in [0.05, 0.1) is 16.7 Å². The van der Waals surface area contributed by atoms with Gasteiger partial charge in [-0.15, -0.1) is 0 Å². The SMILES string of the molecule is c1ccc(-c2ncnc3cc([C@@H]4CCCN4)[nH]c23)cc1. The van der Waals surface area contributed by atoms with E-state index < -0.39 is 0 Å². The van der Waals surface area contributed by atoms with Crippen LogP contribution < -0.4 is 5.32 Å². The second-order valence-corrected chi connectivity index (χ2v) is 5.22. The third-order valence-corrected chi connectivity index (χ3v) is 3.92. The number of benzene rings is 1. The molecule has 100 valence electrons. The first-order valence-corrected chi connectivity index (χ1v) is 7.04. The van der Waals surface area contributed by atoms with Gasteiger partial charge < -0.3 is 10.3 Å². The molecule has 1 aliphatic rings. The van der Waals surface area contributed by atoms with Crippen molar-refractivity contribution in [3.8, 4) is 11.3 Å². The molecular formula is C16H16N4. The molecular weight excluding hydrogens is 248 g/mol. The fourth-order valence-electron chi connectivity index (χ4n) is 2.91. The summed E-state index contributed by atoms with van der Waals surface area (Å²) in [6.07, 6.45) is 4.06. The Balaban J connectivity index is 1.85. The van der Waals surface area contributed by atoms with E-state index in [1.165, 1.54) is 18.5 Å².